The van der Waals surface area contributed by atoms with E-state index in [1.54, 1.807) is 18.3 Å². The van der Waals surface area contributed by atoms with E-state index in [1.165, 1.54) is 6.07 Å². The van der Waals surface area contributed by atoms with Crippen LogP contribution in [0.5, 0.6) is 0 Å². The number of nitrogens with zero attached hydrogens (tertiary/aromatic N) is 2. The van der Waals surface area contributed by atoms with E-state index in [-0.39, 0.29) is 5.56 Å². The zero-order valence-electron chi connectivity index (χ0n) is 11.0. The molecule has 3 rings (SSSR count). The van der Waals surface area contributed by atoms with Crippen LogP contribution in [0.2, 0.25) is 5.02 Å². The minimum Gasteiger partial charge on any atom is -0.255 e. The lowest BCUT2D eigenvalue weighted by molar-refractivity contribution is 0.623. The normalized spacial score (nSPS) is 10.5. The first-order valence-electron chi connectivity index (χ1n) is 6.38. The minimum atomic E-state index is -0.490. The highest BCUT2D eigenvalue weighted by Crippen LogP contribution is 2.20. The standard InChI is InChI=1S/C17H10ClFN2/c18-15-8-13-6-12(2-4-17(13)21-10-15)5-11-1-3-16(19)14(7-11)9-20/h1-4,6-8,10H,5H2. The van der Waals surface area contributed by atoms with Gasteiger partial charge in [-0.25, -0.2) is 4.39 Å². The number of fused-ring (bicyclic) bond motifs is 1. The van der Waals surface area contributed by atoms with Gasteiger partial charge in [0.1, 0.15) is 11.9 Å². The van der Waals surface area contributed by atoms with Gasteiger partial charge < -0.3 is 0 Å². The Morgan fingerprint density at radius 1 is 1.10 bits per heavy atom. The van der Waals surface area contributed by atoms with Crippen molar-refractivity contribution >= 4 is 22.5 Å². The highest BCUT2D eigenvalue weighted by molar-refractivity contribution is 6.31. The van der Waals surface area contributed by atoms with Gasteiger partial charge in [0.05, 0.1) is 16.1 Å². The Labute approximate surface area is 126 Å². The first-order valence-corrected chi connectivity index (χ1v) is 6.76. The monoisotopic (exact) mass is 296 g/mol. The molecule has 0 spiro atoms. The smallest absolute Gasteiger partial charge is 0.140 e. The van der Waals surface area contributed by atoms with E-state index in [0.29, 0.717) is 11.4 Å². The SMILES string of the molecule is N#Cc1cc(Cc2ccc3ncc(Cl)cc3c2)ccc1F. The fraction of sp³-hybridized carbons (Fsp3) is 0.0588. The molecular weight excluding hydrogens is 287 g/mol. The first kappa shape index (κ1) is 13.5. The van der Waals surface area contributed by atoms with Crippen LogP contribution in [0, 0.1) is 17.1 Å². The van der Waals surface area contributed by atoms with E-state index < -0.39 is 5.82 Å². The predicted octanol–water partition coefficient (Wildman–Crippen LogP) is 4.49. The van der Waals surface area contributed by atoms with Crippen LogP contribution in [-0.4, -0.2) is 4.98 Å². The zero-order chi connectivity index (χ0) is 14.8. The molecule has 2 aromatic carbocycles. The summed E-state index contributed by atoms with van der Waals surface area (Å²) in [5, 5.41) is 10.4. The summed E-state index contributed by atoms with van der Waals surface area (Å²) in [6, 6.07) is 14.2. The van der Waals surface area contributed by atoms with Gasteiger partial charge in [0.25, 0.3) is 0 Å². The maximum atomic E-state index is 13.3. The lowest BCUT2D eigenvalue weighted by atomic mass is 10.0. The third kappa shape index (κ3) is 2.86. The van der Waals surface area contributed by atoms with Crippen molar-refractivity contribution in [2.75, 3.05) is 0 Å². The lowest BCUT2D eigenvalue weighted by Gasteiger charge is -2.05. The van der Waals surface area contributed by atoms with Gasteiger partial charge in [-0.3, -0.25) is 4.98 Å². The van der Waals surface area contributed by atoms with Crippen LogP contribution < -0.4 is 0 Å². The number of hydrogen-bond donors (Lipinski definition) is 0. The van der Waals surface area contributed by atoms with E-state index in [1.807, 2.05) is 30.3 Å². The number of halogens is 2. The molecule has 0 saturated carbocycles. The number of aromatic nitrogens is 1. The maximum absolute atomic E-state index is 13.3. The molecule has 0 atom stereocenters. The molecule has 0 amide bonds. The number of rotatable bonds is 2. The van der Waals surface area contributed by atoms with Gasteiger partial charge in [0.15, 0.2) is 0 Å². The highest BCUT2D eigenvalue weighted by Gasteiger charge is 2.05. The summed E-state index contributed by atoms with van der Waals surface area (Å²) in [7, 11) is 0. The fourth-order valence-corrected chi connectivity index (χ4v) is 2.43. The Morgan fingerprint density at radius 3 is 2.67 bits per heavy atom. The molecule has 0 N–H and O–H groups in total. The molecule has 0 unspecified atom stereocenters. The van der Waals surface area contributed by atoms with Crippen LogP contribution in [0.1, 0.15) is 16.7 Å². The molecule has 0 bridgehead atoms. The van der Waals surface area contributed by atoms with Crippen molar-refractivity contribution < 1.29 is 4.39 Å². The lowest BCUT2D eigenvalue weighted by Crippen LogP contribution is -1.92. The van der Waals surface area contributed by atoms with E-state index in [0.717, 1.165) is 22.0 Å². The fourth-order valence-electron chi connectivity index (χ4n) is 2.27. The summed E-state index contributed by atoms with van der Waals surface area (Å²) < 4.78 is 13.3. The van der Waals surface area contributed by atoms with E-state index in [2.05, 4.69) is 4.98 Å². The second-order valence-corrected chi connectivity index (χ2v) is 5.22. The Balaban J connectivity index is 1.96. The largest absolute Gasteiger partial charge is 0.255 e. The first-order chi connectivity index (χ1) is 10.2. The van der Waals surface area contributed by atoms with Crippen molar-refractivity contribution in [3.63, 3.8) is 0 Å². The van der Waals surface area contributed by atoms with Gasteiger partial charge in [-0.05, 0) is 47.9 Å². The maximum Gasteiger partial charge on any atom is 0.140 e. The highest BCUT2D eigenvalue weighted by atomic mass is 35.5. The van der Waals surface area contributed by atoms with Crippen LogP contribution in [0.25, 0.3) is 10.9 Å². The van der Waals surface area contributed by atoms with Crippen LogP contribution >= 0.6 is 11.6 Å². The summed E-state index contributed by atoms with van der Waals surface area (Å²) in [5.74, 6) is -0.490. The molecule has 2 nitrogen and oxygen atoms in total. The topological polar surface area (TPSA) is 36.7 Å². The van der Waals surface area contributed by atoms with Crippen molar-refractivity contribution in [2.45, 2.75) is 6.42 Å². The molecule has 4 heteroatoms. The summed E-state index contributed by atoms with van der Waals surface area (Å²) in [4.78, 5) is 4.24. The van der Waals surface area contributed by atoms with Gasteiger partial charge in [0, 0.05) is 11.6 Å². The Bertz CT molecular complexity index is 868. The molecular formula is C17H10ClFN2. The zero-order valence-corrected chi connectivity index (χ0v) is 11.7. The summed E-state index contributed by atoms with van der Waals surface area (Å²) >= 11 is 5.95. The molecule has 102 valence electrons. The summed E-state index contributed by atoms with van der Waals surface area (Å²) in [6.45, 7) is 0. The average Bonchev–Trinajstić information content (AvgIpc) is 2.49. The molecule has 0 fully saturated rings. The molecule has 0 radical (unpaired) electrons. The Morgan fingerprint density at radius 2 is 1.86 bits per heavy atom. The van der Waals surface area contributed by atoms with Crippen molar-refractivity contribution in [3.05, 3.63) is 76.2 Å². The van der Waals surface area contributed by atoms with Gasteiger partial charge in [0.2, 0.25) is 0 Å². The van der Waals surface area contributed by atoms with Crippen LogP contribution in [0.3, 0.4) is 0 Å². The van der Waals surface area contributed by atoms with Gasteiger partial charge in [-0.15, -0.1) is 0 Å². The molecule has 21 heavy (non-hydrogen) atoms. The van der Waals surface area contributed by atoms with Crippen molar-refractivity contribution in [3.8, 4) is 6.07 Å². The Kier molecular flexibility index (Phi) is 3.55. The van der Waals surface area contributed by atoms with Crippen molar-refractivity contribution in [2.24, 2.45) is 0 Å². The quantitative estimate of drug-likeness (QED) is 0.698. The number of nitriles is 1. The minimum absolute atomic E-state index is 0.0676. The molecule has 0 saturated heterocycles. The Hall–Kier alpha value is -2.44. The third-order valence-corrected chi connectivity index (χ3v) is 3.48. The molecule has 0 aliphatic heterocycles. The molecule has 0 aliphatic rings. The third-order valence-electron chi connectivity index (χ3n) is 3.27. The molecule has 3 aromatic rings. The molecule has 1 heterocycles. The predicted molar refractivity (Wildman–Crippen MR) is 80.7 cm³/mol. The summed E-state index contributed by atoms with van der Waals surface area (Å²) in [5.41, 5.74) is 2.89. The summed E-state index contributed by atoms with van der Waals surface area (Å²) in [6.07, 6.45) is 2.24. The second kappa shape index (κ2) is 5.51. The van der Waals surface area contributed by atoms with Crippen LogP contribution in [-0.2, 0) is 6.42 Å². The van der Waals surface area contributed by atoms with E-state index in [4.69, 9.17) is 16.9 Å². The van der Waals surface area contributed by atoms with Gasteiger partial charge in [-0.1, -0.05) is 23.7 Å². The molecule has 1 aromatic heterocycles. The van der Waals surface area contributed by atoms with Crippen LogP contribution in [0.4, 0.5) is 4.39 Å². The van der Waals surface area contributed by atoms with E-state index in [9.17, 15) is 4.39 Å². The number of hydrogen-bond acceptors (Lipinski definition) is 2. The van der Waals surface area contributed by atoms with Crippen molar-refractivity contribution in [1.82, 2.24) is 4.98 Å². The van der Waals surface area contributed by atoms with Gasteiger partial charge in [-0.2, -0.15) is 5.26 Å². The number of benzene rings is 2. The van der Waals surface area contributed by atoms with Gasteiger partial charge >= 0.3 is 0 Å². The second-order valence-electron chi connectivity index (χ2n) is 4.78. The van der Waals surface area contributed by atoms with Crippen LogP contribution in [0.15, 0.2) is 48.7 Å². The van der Waals surface area contributed by atoms with Crippen molar-refractivity contribution in [1.29, 1.82) is 5.26 Å². The molecule has 0 aliphatic carbocycles. The number of pyridine rings is 1. The average molecular weight is 297 g/mol. The van der Waals surface area contributed by atoms with E-state index >= 15 is 0 Å².